The number of aromatic nitrogens is 1. The highest BCUT2D eigenvalue weighted by molar-refractivity contribution is 7.14. The molecule has 1 N–H and O–H groups in total. The quantitative estimate of drug-likeness (QED) is 0.275. The lowest BCUT2D eigenvalue weighted by atomic mass is 9.92. The second-order valence-electron chi connectivity index (χ2n) is 7.51. The summed E-state index contributed by atoms with van der Waals surface area (Å²) < 4.78 is 92.7. The SMILES string of the molecule is Cc1cc(C(F)(C(F)(F)F)C(F)(F)F)ccc1N(C)C(=O)c1csc(NC(=O)c2cccnc2Cl)c1. The van der Waals surface area contributed by atoms with E-state index in [2.05, 4.69) is 10.3 Å². The van der Waals surface area contributed by atoms with Gasteiger partial charge in [0.25, 0.3) is 11.8 Å². The summed E-state index contributed by atoms with van der Waals surface area (Å²) in [6.07, 6.45) is -11.1. The standard InChI is InChI=1S/C22H15ClF7N3O2S/c1-11-8-13(20(24,21(25,26)27)22(28,29)30)5-6-15(11)33(2)19(35)12-9-16(36-10-12)32-18(34)14-4-3-7-31-17(14)23/h3-10H,1-2H3,(H,32,34). The molecule has 14 heteroatoms. The van der Waals surface area contributed by atoms with Crippen LogP contribution in [0, 0.1) is 6.92 Å². The van der Waals surface area contributed by atoms with E-state index in [4.69, 9.17) is 11.6 Å². The summed E-state index contributed by atoms with van der Waals surface area (Å²) >= 11 is 6.87. The molecule has 0 aliphatic rings. The van der Waals surface area contributed by atoms with Gasteiger partial charge < -0.3 is 10.2 Å². The molecule has 2 amide bonds. The molecule has 3 rings (SSSR count). The first-order chi connectivity index (χ1) is 16.6. The van der Waals surface area contributed by atoms with Gasteiger partial charge in [0.15, 0.2) is 0 Å². The Labute approximate surface area is 208 Å². The van der Waals surface area contributed by atoms with Crippen molar-refractivity contribution in [3.05, 3.63) is 75.4 Å². The number of hydrogen-bond donors (Lipinski definition) is 1. The van der Waals surface area contributed by atoms with Gasteiger partial charge in [-0.25, -0.2) is 9.37 Å². The summed E-state index contributed by atoms with van der Waals surface area (Å²) in [6.45, 7) is 1.15. The van der Waals surface area contributed by atoms with Crippen LogP contribution in [0.1, 0.15) is 31.8 Å². The maximum absolute atomic E-state index is 14.4. The molecule has 0 saturated carbocycles. The van der Waals surface area contributed by atoms with E-state index >= 15 is 0 Å². The molecule has 0 atom stereocenters. The van der Waals surface area contributed by atoms with E-state index < -0.39 is 35.4 Å². The van der Waals surface area contributed by atoms with E-state index in [1.165, 1.54) is 36.8 Å². The Morgan fingerprint density at radius 2 is 1.67 bits per heavy atom. The molecule has 1 aromatic carbocycles. The largest absolute Gasteiger partial charge is 0.435 e. The van der Waals surface area contributed by atoms with Gasteiger partial charge in [0.1, 0.15) is 5.15 Å². The van der Waals surface area contributed by atoms with Crippen molar-refractivity contribution in [2.24, 2.45) is 0 Å². The lowest BCUT2D eigenvalue weighted by Crippen LogP contribution is -2.50. The average molecular weight is 554 g/mol. The zero-order chi connectivity index (χ0) is 27.1. The third-order valence-electron chi connectivity index (χ3n) is 5.13. The zero-order valence-electron chi connectivity index (χ0n) is 18.3. The van der Waals surface area contributed by atoms with Crippen LogP contribution in [0.2, 0.25) is 5.15 Å². The molecular weight excluding hydrogens is 539 g/mol. The summed E-state index contributed by atoms with van der Waals surface area (Å²) in [7, 11) is 1.24. The molecular formula is C22H15ClF7N3O2S. The van der Waals surface area contributed by atoms with Gasteiger partial charge in [-0.15, -0.1) is 11.3 Å². The highest BCUT2D eigenvalue weighted by Crippen LogP contribution is 2.53. The second-order valence-corrected chi connectivity index (χ2v) is 8.78. The van der Waals surface area contributed by atoms with E-state index in [0.29, 0.717) is 12.1 Å². The Hall–Kier alpha value is -3.19. The lowest BCUT2D eigenvalue weighted by Gasteiger charge is -2.31. The number of thiophene rings is 1. The Morgan fingerprint density at radius 1 is 1.03 bits per heavy atom. The van der Waals surface area contributed by atoms with E-state index in [1.54, 1.807) is 0 Å². The van der Waals surface area contributed by atoms with Crippen molar-refractivity contribution in [1.29, 1.82) is 0 Å². The molecule has 192 valence electrons. The minimum atomic E-state index is -6.25. The normalized spacial score (nSPS) is 12.4. The molecule has 0 radical (unpaired) electrons. The third-order valence-corrected chi connectivity index (χ3v) is 6.28. The number of carbonyl (C=O) groups excluding carboxylic acids is 2. The number of alkyl halides is 7. The maximum atomic E-state index is 14.4. The predicted molar refractivity (Wildman–Crippen MR) is 120 cm³/mol. The summed E-state index contributed by atoms with van der Waals surface area (Å²) in [5.74, 6) is -1.27. The van der Waals surface area contributed by atoms with Gasteiger partial charge in [-0.3, -0.25) is 9.59 Å². The van der Waals surface area contributed by atoms with Crippen molar-refractivity contribution in [2.45, 2.75) is 24.9 Å². The number of hydrogen-bond acceptors (Lipinski definition) is 4. The van der Waals surface area contributed by atoms with Gasteiger partial charge >= 0.3 is 18.0 Å². The highest BCUT2D eigenvalue weighted by Gasteiger charge is 2.73. The molecule has 0 bridgehead atoms. The fourth-order valence-electron chi connectivity index (χ4n) is 3.29. The molecule has 0 spiro atoms. The second kappa shape index (κ2) is 9.69. The predicted octanol–water partition coefficient (Wildman–Crippen LogP) is 6.92. The summed E-state index contributed by atoms with van der Waals surface area (Å²) in [6, 6.07) is 5.81. The minimum Gasteiger partial charge on any atom is -0.313 e. The average Bonchev–Trinajstić information content (AvgIpc) is 3.24. The molecule has 2 aromatic heterocycles. The molecule has 5 nitrogen and oxygen atoms in total. The number of pyridine rings is 1. The molecule has 0 aliphatic carbocycles. The Bertz CT molecular complexity index is 1290. The Morgan fingerprint density at radius 3 is 2.22 bits per heavy atom. The molecule has 0 aliphatic heterocycles. The lowest BCUT2D eigenvalue weighted by molar-refractivity contribution is -0.348. The number of halogens is 8. The summed E-state index contributed by atoms with van der Waals surface area (Å²) in [4.78, 5) is 30.0. The minimum absolute atomic E-state index is 0.0325. The van der Waals surface area contributed by atoms with Gasteiger partial charge in [-0.05, 0) is 36.8 Å². The number of anilines is 2. The maximum Gasteiger partial charge on any atom is 0.435 e. The molecule has 0 fully saturated rings. The van der Waals surface area contributed by atoms with Crippen molar-refractivity contribution in [3.63, 3.8) is 0 Å². The fraction of sp³-hybridized carbons (Fsp3) is 0.227. The fourth-order valence-corrected chi connectivity index (χ4v) is 4.26. The van der Waals surface area contributed by atoms with Crippen LogP contribution in [0.25, 0.3) is 0 Å². The first kappa shape index (κ1) is 27.4. The van der Waals surface area contributed by atoms with Crippen LogP contribution in [0.15, 0.2) is 48.0 Å². The zero-order valence-corrected chi connectivity index (χ0v) is 19.8. The van der Waals surface area contributed by atoms with Crippen LogP contribution in [-0.2, 0) is 5.67 Å². The van der Waals surface area contributed by atoms with Crippen molar-refractivity contribution in [3.8, 4) is 0 Å². The number of nitrogens with one attached hydrogen (secondary N) is 1. The molecule has 3 aromatic rings. The Kier molecular flexibility index (Phi) is 7.38. The van der Waals surface area contributed by atoms with Crippen LogP contribution in [0.5, 0.6) is 0 Å². The smallest absolute Gasteiger partial charge is 0.313 e. The third kappa shape index (κ3) is 5.03. The van der Waals surface area contributed by atoms with E-state index in [1.807, 2.05) is 0 Å². The van der Waals surface area contributed by atoms with Crippen molar-refractivity contribution in [1.82, 2.24) is 4.98 Å². The molecule has 36 heavy (non-hydrogen) atoms. The van der Waals surface area contributed by atoms with E-state index in [-0.39, 0.29) is 32.5 Å². The van der Waals surface area contributed by atoms with Gasteiger partial charge in [0.2, 0.25) is 0 Å². The number of carbonyl (C=O) groups is 2. The van der Waals surface area contributed by atoms with E-state index in [0.717, 1.165) is 29.2 Å². The first-order valence-corrected chi connectivity index (χ1v) is 11.1. The van der Waals surface area contributed by atoms with Gasteiger partial charge in [0, 0.05) is 29.9 Å². The number of rotatable bonds is 5. The summed E-state index contributed by atoms with van der Waals surface area (Å²) in [5, 5.41) is 4.17. The number of amides is 2. The topological polar surface area (TPSA) is 62.3 Å². The molecule has 0 unspecified atom stereocenters. The molecule has 2 heterocycles. The van der Waals surface area contributed by atoms with E-state index in [9.17, 15) is 40.3 Å². The van der Waals surface area contributed by atoms with Gasteiger partial charge in [0.05, 0.1) is 16.1 Å². The van der Waals surface area contributed by atoms with Crippen LogP contribution in [0.4, 0.5) is 41.4 Å². The monoisotopic (exact) mass is 553 g/mol. The van der Waals surface area contributed by atoms with Crippen molar-refractivity contribution in [2.75, 3.05) is 17.3 Å². The van der Waals surface area contributed by atoms with Crippen LogP contribution in [-0.4, -0.2) is 36.2 Å². The highest BCUT2D eigenvalue weighted by atomic mass is 35.5. The van der Waals surface area contributed by atoms with Crippen LogP contribution in [0.3, 0.4) is 0 Å². The Balaban J connectivity index is 1.83. The van der Waals surface area contributed by atoms with Crippen molar-refractivity contribution >= 4 is 45.4 Å². The number of benzene rings is 1. The number of nitrogens with zero attached hydrogens (tertiary/aromatic N) is 2. The van der Waals surface area contributed by atoms with Gasteiger partial charge in [-0.1, -0.05) is 23.7 Å². The number of aryl methyl sites for hydroxylation is 1. The van der Waals surface area contributed by atoms with Crippen molar-refractivity contribution < 1.29 is 40.3 Å². The van der Waals surface area contributed by atoms with Crippen LogP contribution >= 0.6 is 22.9 Å². The summed E-state index contributed by atoms with van der Waals surface area (Å²) in [5.41, 5.74) is -7.31. The molecule has 0 saturated heterocycles. The first-order valence-electron chi connectivity index (χ1n) is 9.80. The van der Waals surface area contributed by atoms with Gasteiger partial charge in [-0.2, -0.15) is 26.3 Å². The van der Waals surface area contributed by atoms with Crippen LogP contribution < -0.4 is 10.2 Å².